The third-order valence-corrected chi connectivity index (χ3v) is 2.94. The van der Waals surface area contributed by atoms with Crippen LogP contribution in [0.5, 0.6) is 0 Å². The van der Waals surface area contributed by atoms with Crippen molar-refractivity contribution in [3.05, 3.63) is 11.4 Å². The Labute approximate surface area is 114 Å². The van der Waals surface area contributed by atoms with Crippen LogP contribution in [0.1, 0.15) is 38.1 Å². The summed E-state index contributed by atoms with van der Waals surface area (Å²) in [5.74, 6) is 0.235. The molecule has 0 unspecified atom stereocenters. The molecule has 0 fully saturated rings. The third kappa shape index (κ3) is 5.38. The van der Waals surface area contributed by atoms with Crippen LogP contribution in [0.3, 0.4) is 0 Å². The Morgan fingerprint density at radius 2 is 2.21 bits per heavy atom. The normalized spacial score (nSPS) is 11.2. The lowest BCUT2D eigenvalue weighted by Crippen LogP contribution is -2.16. The number of nitrogens with zero attached hydrogens (tertiary/aromatic N) is 3. The van der Waals surface area contributed by atoms with Gasteiger partial charge in [-0.2, -0.15) is 0 Å². The molecule has 0 radical (unpaired) electrons. The second-order valence-corrected chi connectivity index (χ2v) is 5.13. The summed E-state index contributed by atoms with van der Waals surface area (Å²) in [6, 6.07) is 0. The van der Waals surface area contributed by atoms with Crippen LogP contribution in [0, 0.1) is 5.92 Å². The van der Waals surface area contributed by atoms with E-state index < -0.39 is 0 Å². The van der Waals surface area contributed by atoms with Crippen LogP contribution in [-0.2, 0) is 28.9 Å². The first-order chi connectivity index (χ1) is 9.04. The maximum atomic E-state index is 11.1. The molecule has 0 aromatic carbocycles. The predicted octanol–water partition coefficient (Wildman–Crippen LogP) is 0.931. The van der Waals surface area contributed by atoms with Crippen LogP contribution in [-0.4, -0.2) is 34.6 Å². The van der Waals surface area contributed by atoms with Crippen molar-refractivity contribution in [1.29, 1.82) is 0 Å². The van der Waals surface area contributed by atoms with Gasteiger partial charge in [-0.1, -0.05) is 19.1 Å². The highest BCUT2D eigenvalue weighted by Gasteiger charge is 2.14. The molecule has 1 heterocycles. The molecule has 2 N–H and O–H groups in total. The first-order valence-electron chi connectivity index (χ1n) is 6.73. The topological polar surface area (TPSA) is 83.0 Å². The van der Waals surface area contributed by atoms with Gasteiger partial charge in [-0.15, -0.1) is 5.10 Å². The highest BCUT2D eigenvalue weighted by atomic mass is 16.5. The molecule has 0 bridgehead atoms. The number of rotatable bonds is 9. The van der Waals surface area contributed by atoms with Gasteiger partial charge in [0.25, 0.3) is 0 Å². The fourth-order valence-electron chi connectivity index (χ4n) is 1.91. The van der Waals surface area contributed by atoms with E-state index in [1.54, 1.807) is 7.11 Å². The molecule has 0 saturated heterocycles. The number of amides is 1. The molecule has 1 aromatic heterocycles. The molecule has 6 heteroatoms. The van der Waals surface area contributed by atoms with Crippen molar-refractivity contribution in [2.75, 3.05) is 13.7 Å². The van der Waals surface area contributed by atoms with E-state index in [1.165, 1.54) is 0 Å². The van der Waals surface area contributed by atoms with Gasteiger partial charge in [0.15, 0.2) is 0 Å². The Kier molecular flexibility index (Phi) is 6.49. The Morgan fingerprint density at radius 3 is 2.79 bits per heavy atom. The van der Waals surface area contributed by atoms with Crippen LogP contribution in [0.15, 0.2) is 0 Å². The first kappa shape index (κ1) is 15.6. The van der Waals surface area contributed by atoms with E-state index in [4.69, 9.17) is 10.5 Å². The zero-order valence-electron chi connectivity index (χ0n) is 12.1. The minimum atomic E-state index is -0.366. The first-order valence-corrected chi connectivity index (χ1v) is 6.73. The van der Waals surface area contributed by atoms with Gasteiger partial charge < -0.3 is 10.5 Å². The summed E-state index contributed by atoms with van der Waals surface area (Å²) in [6.07, 6.45) is 2.96. The van der Waals surface area contributed by atoms with Crippen molar-refractivity contribution in [3.8, 4) is 0 Å². The Bertz CT molecular complexity index is 401. The van der Waals surface area contributed by atoms with Crippen LogP contribution >= 0.6 is 0 Å². The van der Waals surface area contributed by atoms with Gasteiger partial charge in [-0.05, 0) is 25.2 Å². The van der Waals surface area contributed by atoms with Crippen molar-refractivity contribution in [3.63, 3.8) is 0 Å². The van der Waals surface area contributed by atoms with Crippen molar-refractivity contribution in [2.24, 2.45) is 11.7 Å². The fraction of sp³-hybridized carbons (Fsp3) is 0.769. The van der Waals surface area contributed by atoms with Crippen LogP contribution in [0.4, 0.5) is 0 Å². The lowest BCUT2D eigenvalue weighted by Gasteiger charge is -2.09. The average Bonchev–Trinajstić information content (AvgIpc) is 2.68. The standard InChI is InChI=1S/C13H24N4O2/c1-10(2)5-6-12-11(9-13(14)18)15-16-17(12)7-4-8-19-3/h10H,4-9H2,1-3H3,(H2,14,18). The van der Waals surface area contributed by atoms with Crippen LogP contribution in [0.25, 0.3) is 0 Å². The van der Waals surface area contributed by atoms with Crippen LogP contribution in [0.2, 0.25) is 0 Å². The van der Waals surface area contributed by atoms with E-state index in [0.717, 1.165) is 31.5 Å². The molecular formula is C13H24N4O2. The van der Waals surface area contributed by atoms with Gasteiger partial charge in [0.2, 0.25) is 5.91 Å². The van der Waals surface area contributed by atoms with Crippen molar-refractivity contribution in [2.45, 2.75) is 46.1 Å². The quantitative estimate of drug-likeness (QED) is 0.675. The van der Waals surface area contributed by atoms with Gasteiger partial charge in [0.1, 0.15) is 0 Å². The van der Waals surface area contributed by atoms with Gasteiger partial charge in [-0.3, -0.25) is 4.79 Å². The van der Waals surface area contributed by atoms with E-state index in [2.05, 4.69) is 24.2 Å². The van der Waals surface area contributed by atoms with Crippen molar-refractivity contribution >= 4 is 5.91 Å². The number of aromatic nitrogens is 3. The number of aryl methyl sites for hydroxylation is 1. The smallest absolute Gasteiger partial charge is 0.223 e. The van der Waals surface area contributed by atoms with Crippen molar-refractivity contribution in [1.82, 2.24) is 15.0 Å². The molecule has 19 heavy (non-hydrogen) atoms. The fourth-order valence-corrected chi connectivity index (χ4v) is 1.91. The number of ether oxygens (including phenoxy) is 1. The maximum Gasteiger partial charge on any atom is 0.223 e. The summed E-state index contributed by atoms with van der Waals surface area (Å²) in [5, 5.41) is 8.21. The highest BCUT2D eigenvalue weighted by molar-refractivity contribution is 5.76. The number of nitrogens with two attached hydrogens (primary N) is 1. The summed E-state index contributed by atoms with van der Waals surface area (Å²) >= 11 is 0. The van der Waals surface area contributed by atoms with E-state index in [9.17, 15) is 4.79 Å². The maximum absolute atomic E-state index is 11.1. The summed E-state index contributed by atoms with van der Waals surface area (Å²) < 4.78 is 6.91. The molecule has 1 aromatic rings. The lowest BCUT2D eigenvalue weighted by atomic mass is 10.0. The molecule has 6 nitrogen and oxygen atoms in total. The molecule has 0 aliphatic rings. The molecule has 0 aliphatic carbocycles. The second-order valence-electron chi connectivity index (χ2n) is 5.13. The monoisotopic (exact) mass is 268 g/mol. The van der Waals surface area contributed by atoms with Gasteiger partial charge in [-0.25, -0.2) is 4.68 Å². The van der Waals surface area contributed by atoms with E-state index in [0.29, 0.717) is 18.2 Å². The molecule has 0 spiro atoms. The largest absolute Gasteiger partial charge is 0.385 e. The molecular weight excluding hydrogens is 244 g/mol. The van der Waals surface area contributed by atoms with Crippen LogP contribution < -0.4 is 5.73 Å². The van der Waals surface area contributed by atoms with E-state index in [-0.39, 0.29) is 12.3 Å². The van der Waals surface area contributed by atoms with Gasteiger partial charge >= 0.3 is 0 Å². The zero-order chi connectivity index (χ0) is 14.3. The Morgan fingerprint density at radius 1 is 1.47 bits per heavy atom. The van der Waals surface area contributed by atoms with Gasteiger partial charge in [0.05, 0.1) is 17.8 Å². The molecule has 1 rings (SSSR count). The predicted molar refractivity (Wildman–Crippen MR) is 72.6 cm³/mol. The molecule has 1 amide bonds. The van der Waals surface area contributed by atoms with E-state index in [1.807, 2.05) is 4.68 Å². The number of methoxy groups -OCH3 is 1. The third-order valence-electron chi connectivity index (χ3n) is 2.94. The van der Waals surface area contributed by atoms with Gasteiger partial charge in [0, 0.05) is 20.3 Å². The Balaban J connectivity index is 2.77. The minimum Gasteiger partial charge on any atom is -0.385 e. The highest BCUT2D eigenvalue weighted by Crippen LogP contribution is 2.13. The summed E-state index contributed by atoms with van der Waals surface area (Å²) in [5.41, 5.74) is 6.99. The molecule has 0 saturated carbocycles. The summed E-state index contributed by atoms with van der Waals surface area (Å²) in [4.78, 5) is 11.1. The number of carbonyl (C=O) groups excluding carboxylic acids is 1. The molecule has 0 atom stereocenters. The Hall–Kier alpha value is -1.43. The number of carbonyl (C=O) groups is 1. The summed E-state index contributed by atoms with van der Waals surface area (Å²) in [7, 11) is 1.68. The number of hydrogen-bond acceptors (Lipinski definition) is 4. The average molecular weight is 268 g/mol. The number of primary amides is 1. The van der Waals surface area contributed by atoms with Crippen molar-refractivity contribution < 1.29 is 9.53 Å². The SMILES string of the molecule is COCCCn1nnc(CC(N)=O)c1CCC(C)C. The minimum absolute atomic E-state index is 0.164. The molecule has 108 valence electrons. The summed E-state index contributed by atoms with van der Waals surface area (Å²) in [6.45, 7) is 5.79. The molecule has 0 aliphatic heterocycles. The van der Waals surface area contributed by atoms with E-state index >= 15 is 0 Å². The zero-order valence-corrected chi connectivity index (χ0v) is 12.1. The second kappa shape index (κ2) is 7.89. The number of hydrogen-bond donors (Lipinski definition) is 1. The lowest BCUT2D eigenvalue weighted by molar-refractivity contribution is -0.117.